The summed E-state index contributed by atoms with van der Waals surface area (Å²) in [5.74, 6) is 1.05. The molecule has 2 aromatic rings. The first kappa shape index (κ1) is 20.5. The number of carbonyl (C=O) groups is 1. The summed E-state index contributed by atoms with van der Waals surface area (Å²) in [6.45, 7) is 6.79. The number of hydrogen-bond acceptors (Lipinski definition) is 5. The largest absolute Gasteiger partial charge is 0.496 e. The van der Waals surface area contributed by atoms with Crippen LogP contribution in [0.3, 0.4) is 0 Å². The zero-order chi connectivity index (χ0) is 21.5. The molecule has 6 heteroatoms. The molecule has 1 amide bonds. The molecule has 156 valence electrons. The van der Waals surface area contributed by atoms with Gasteiger partial charge in [0.15, 0.2) is 5.17 Å². The fourth-order valence-corrected chi connectivity index (χ4v) is 4.97. The van der Waals surface area contributed by atoms with Gasteiger partial charge in [0.25, 0.3) is 5.91 Å². The van der Waals surface area contributed by atoms with E-state index >= 15 is 0 Å². The second-order valence-electron chi connectivity index (χ2n) is 8.45. The smallest absolute Gasteiger partial charge is 0.264 e. The van der Waals surface area contributed by atoms with E-state index in [9.17, 15) is 4.79 Å². The van der Waals surface area contributed by atoms with Crippen LogP contribution in [0.1, 0.15) is 44.2 Å². The number of aliphatic imine (C=N–C) groups is 1. The monoisotopic (exact) mass is 421 g/mol. The van der Waals surface area contributed by atoms with E-state index in [2.05, 4.69) is 55.2 Å². The Bertz CT molecular complexity index is 1040. The third-order valence-corrected chi connectivity index (χ3v) is 6.82. The van der Waals surface area contributed by atoms with Crippen molar-refractivity contribution in [1.82, 2.24) is 5.32 Å². The number of nitrogens with one attached hydrogen (secondary N) is 1. The molecule has 1 saturated heterocycles. The fraction of sp³-hybridized carbons (Fsp3) is 0.333. The average Bonchev–Trinajstić information content (AvgIpc) is 3.05. The number of ether oxygens (including phenoxy) is 1. The highest BCUT2D eigenvalue weighted by molar-refractivity contribution is 8.18. The first-order valence-corrected chi connectivity index (χ1v) is 10.9. The molecule has 2 aromatic carbocycles. The number of hydrogen-bond donors (Lipinski definition) is 1. The van der Waals surface area contributed by atoms with Crippen LogP contribution in [0.4, 0.5) is 11.4 Å². The Hall–Kier alpha value is -2.73. The van der Waals surface area contributed by atoms with E-state index < -0.39 is 0 Å². The number of carbonyl (C=O) groups excluding carboxylic acids is 1. The Balaban J connectivity index is 1.69. The predicted octanol–water partition coefficient (Wildman–Crippen LogP) is 5.31. The molecule has 1 unspecified atom stereocenters. The second kappa shape index (κ2) is 7.84. The van der Waals surface area contributed by atoms with Gasteiger partial charge in [0.1, 0.15) is 5.75 Å². The summed E-state index contributed by atoms with van der Waals surface area (Å²) in [5.41, 5.74) is 4.28. The van der Waals surface area contributed by atoms with Crippen LogP contribution in [0.2, 0.25) is 0 Å². The zero-order valence-electron chi connectivity index (χ0n) is 18.0. The van der Waals surface area contributed by atoms with Gasteiger partial charge in [0, 0.05) is 29.9 Å². The van der Waals surface area contributed by atoms with Crippen molar-refractivity contribution < 1.29 is 9.53 Å². The van der Waals surface area contributed by atoms with Gasteiger partial charge in [-0.1, -0.05) is 25.1 Å². The number of rotatable bonds is 3. The normalized spacial score (nSPS) is 22.9. The standard InChI is InChI=1S/C24H27N3O2S/c1-15-14-24(2,3)27(4)19-13-20(29-5)16(11-18(15)19)12-21-22(28)26-23(30-21)25-17-9-7-6-8-10-17/h6-13,15H,14H2,1-5H3,(H,25,26,28)/b21-12+. The van der Waals surface area contributed by atoms with Crippen molar-refractivity contribution in [2.45, 2.75) is 38.6 Å². The summed E-state index contributed by atoms with van der Waals surface area (Å²) in [6, 6.07) is 13.9. The van der Waals surface area contributed by atoms with Gasteiger partial charge in [-0.2, -0.15) is 0 Å². The van der Waals surface area contributed by atoms with Crippen molar-refractivity contribution in [3.05, 3.63) is 58.5 Å². The third kappa shape index (κ3) is 3.84. The van der Waals surface area contributed by atoms with Gasteiger partial charge in [-0.3, -0.25) is 4.79 Å². The van der Waals surface area contributed by atoms with Gasteiger partial charge in [-0.25, -0.2) is 4.99 Å². The molecule has 2 heterocycles. The lowest BCUT2D eigenvalue weighted by atomic mass is 9.80. The Morgan fingerprint density at radius 3 is 2.70 bits per heavy atom. The Kier molecular flexibility index (Phi) is 5.36. The van der Waals surface area contributed by atoms with Gasteiger partial charge in [-0.05, 0) is 67.8 Å². The molecule has 2 aliphatic rings. The van der Waals surface area contributed by atoms with E-state index in [4.69, 9.17) is 4.74 Å². The van der Waals surface area contributed by atoms with E-state index in [0.29, 0.717) is 16.0 Å². The molecule has 4 rings (SSSR count). The van der Waals surface area contributed by atoms with Crippen molar-refractivity contribution >= 4 is 40.3 Å². The van der Waals surface area contributed by atoms with Gasteiger partial charge in [0.2, 0.25) is 0 Å². The van der Waals surface area contributed by atoms with E-state index in [1.54, 1.807) is 7.11 Å². The maximum Gasteiger partial charge on any atom is 0.264 e. The SMILES string of the molecule is COc1cc2c(cc1/C=C1/SC(=Nc3ccccc3)NC1=O)C(C)CC(C)(C)N2C. The van der Waals surface area contributed by atoms with Crippen molar-refractivity contribution in [3.63, 3.8) is 0 Å². The molecule has 2 aliphatic heterocycles. The highest BCUT2D eigenvalue weighted by Gasteiger charge is 2.35. The number of amidine groups is 1. The van der Waals surface area contributed by atoms with Gasteiger partial charge in [0.05, 0.1) is 17.7 Å². The minimum Gasteiger partial charge on any atom is -0.496 e. The van der Waals surface area contributed by atoms with E-state index in [0.717, 1.165) is 23.4 Å². The number of fused-ring (bicyclic) bond motifs is 1. The van der Waals surface area contributed by atoms with Crippen molar-refractivity contribution in [2.75, 3.05) is 19.1 Å². The number of nitrogens with zero attached hydrogens (tertiary/aromatic N) is 2. The van der Waals surface area contributed by atoms with Crippen molar-refractivity contribution in [3.8, 4) is 5.75 Å². The van der Waals surface area contributed by atoms with Crippen molar-refractivity contribution in [1.29, 1.82) is 0 Å². The maximum atomic E-state index is 12.5. The molecular weight excluding hydrogens is 394 g/mol. The summed E-state index contributed by atoms with van der Waals surface area (Å²) < 4.78 is 5.69. The molecule has 30 heavy (non-hydrogen) atoms. The van der Waals surface area contributed by atoms with Gasteiger partial charge >= 0.3 is 0 Å². The number of anilines is 1. The lowest BCUT2D eigenvalue weighted by Gasteiger charge is -2.45. The average molecular weight is 422 g/mol. The molecule has 0 radical (unpaired) electrons. The lowest BCUT2D eigenvalue weighted by Crippen LogP contribution is -2.45. The summed E-state index contributed by atoms with van der Waals surface area (Å²) in [5, 5.41) is 3.44. The number of benzene rings is 2. The van der Waals surface area contributed by atoms with Crippen LogP contribution in [-0.2, 0) is 4.79 Å². The summed E-state index contributed by atoms with van der Waals surface area (Å²) in [6.07, 6.45) is 2.97. The number of thioether (sulfide) groups is 1. The second-order valence-corrected chi connectivity index (χ2v) is 9.48. The van der Waals surface area contributed by atoms with E-state index in [1.807, 2.05) is 36.4 Å². The highest BCUT2D eigenvalue weighted by Crippen LogP contribution is 2.45. The Morgan fingerprint density at radius 1 is 1.27 bits per heavy atom. The minimum atomic E-state index is -0.138. The maximum absolute atomic E-state index is 12.5. The van der Waals surface area contributed by atoms with Crippen LogP contribution in [0, 0.1) is 0 Å². The van der Waals surface area contributed by atoms with Crippen LogP contribution in [0.25, 0.3) is 6.08 Å². The lowest BCUT2D eigenvalue weighted by molar-refractivity contribution is -0.115. The van der Waals surface area contributed by atoms with Crippen LogP contribution < -0.4 is 15.0 Å². The van der Waals surface area contributed by atoms with Gasteiger partial charge in [-0.15, -0.1) is 0 Å². The third-order valence-electron chi connectivity index (χ3n) is 5.91. The summed E-state index contributed by atoms with van der Waals surface area (Å²) in [7, 11) is 3.81. The van der Waals surface area contributed by atoms with Crippen LogP contribution >= 0.6 is 11.8 Å². The first-order valence-electron chi connectivity index (χ1n) is 10.1. The molecular formula is C24H27N3O2S. The molecule has 0 aromatic heterocycles. The zero-order valence-corrected chi connectivity index (χ0v) is 18.8. The molecule has 1 atom stereocenters. The highest BCUT2D eigenvalue weighted by atomic mass is 32.2. The van der Waals surface area contributed by atoms with E-state index in [-0.39, 0.29) is 11.4 Å². The van der Waals surface area contributed by atoms with Crippen LogP contribution in [-0.4, -0.2) is 30.8 Å². The molecule has 0 bridgehead atoms. The molecule has 0 aliphatic carbocycles. The quantitative estimate of drug-likeness (QED) is 0.683. The van der Waals surface area contributed by atoms with Crippen LogP contribution in [0.5, 0.6) is 5.75 Å². The summed E-state index contributed by atoms with van der Waals surface area (Å²) in [4.78, 5) is 20.0. The predicted molar refractivity (Wildman–Crippen MR) is 126 cm³/mol. The molecule has 1 N–H and O–H groups in total. The fourth-order valence-electron chi connectivity index (χ4n) is 4.14. The molecule has 1 fully saturated rings. The van der Waals surface area contributed by atoms with Gasteiger partial charge < -0.3 is 15.0 Å². The number of para-hydroxylation sites is 1. The molecule has 0 spiro atoms. The van der Waals surface area contributed by atoms with Crippen molar-refractivity contribution in [2.24, 2.45) is 4.99 Å². The number of methoxy groups -OCH3 is 1. The van der Waals surface area contributed by atoms with Crippen LogP contribution in [0.15, 0.2) is 52.4 Å². The topological polar surface area (TPSA) is 53.9 Å². The number of amides is 1. The summed E-state index contributed by atoms with van der Waals surface area (Å²) >= 11 is 1.35. The first-order chi connectivity index (χ1) is 14.3. The molecule has 0 saturated carbocycles. The Labute approximate surface area is 182 Å². The minimum absolute atomic E-state index is 0.0847. The Morgan fingerprint density at radius 2 is 2.00 bits per heavy atom. The van der Waals surface area contributed by atoms with E-state index in [1.165, 1.54) is 23.0 Å². The molecule has 5 nitrogen and oxygen atoms in total.